The first kappa shape index (κ1) is 19.0. The van der Waals surface area contributed by atoms with Gasteiger partial charge in [-0.1, -0.05) is 19.9 Å². The summed E-state index contributed by atoms with van der Waals surface area (Å²) in [6.07, 6.45) is 3.26. The molecule has 0 fully saturated rings. The zero-order chi connectivity index (χ0) is 20.7. The largest absolute Gasteiger partial charge is 0.507 e. The number of fused-ring (bicyclic) bond motifs is 1. The minimum Gasteiger partial charge on any atom is -0.507 e. The van der Waals surface area contributed by atoms with Gasteiger partial charge in [-0.15, -0.1) is 0 Å². The van der Waals surface area contributed by atoms with Crippen molar-refractivity contribution in [2.75, 3.05) is 11.6 Å². The number of anilines is 2. The van der Waals surface area contributed by atoms with Crippen molar-refractivity contribution in [2.45, 2.75) is 26.7 Å². The van der Waals surface area contributed by atoms with Gasteiger partial charge < -0.3 is 10.0 Å². The average Bonchev–Trinajstić information content (AvgIpc) is 2.67. The van der Waals surface area contributed by atoms with E-state index in [0.717, 1.165) is 16.9 Å². The molecule has 0 atom stereocenters. The van der Waals surface area contributed by atoms with Crippen molar-refractivity contribution in [3.05, 3.63) is 65.2 Å². The zero-order valence-corrected chi connectivity index (χ0v) is 16.3. The summed E-state index contributed by atoms with van der Waals surface area (Å²) in [6, 6.07) is 7.27. The minimum absolute atomic E-state index is 0.104. The molecule has 5 nitrogen and oxygen atoms in total. The number of aromatic nitrogens is 2. The van der Waals surface area contributed by atoms with Gasteiger partial charge in [-0.3, -0.25) is 9.98 Å². The molecule has 4 rings (SSSR count). The highest BCUT2D eigenvalue weighted by molar-refractivity contribution is 5.92. The summed E-state index contributed by atoms with van der Waals surface area (Å²) in [5, 5.41) is 10.1. The van der Waals surface area contributed by atoms with Crippen molar-refractivity contribution in [3.8, 4) is 16.9 Å². The van der Waals surface area contributed by atoms with Crippen LogP contribution in [0.4, 0.5) is 20.2 Å². The number of nitrogens with zero attached hydrogens (tertiary/aromatic N) is 4. The maximum atomic E-state index is 14.8. The summed E-state index contributed by atoms with van der Waals surface area (Å²) < 4.78 is 29.2. The molecule has 148 valence electrons. The molecule has 3 aromatic rings. The number of phenolic OH excluding ortho intramolecular Hbond substituents is 1. The minimum atomic E-state index is -0.871. The fraction of sp³-hybridized carbons (Fsp3) is 0.227. The van der Waals surface area contributed by atoms with Crippen LogP contribution in [0.3, 0.4) is 0 Å². The van der Waals surface area contributed by atoms with Gasteiger partial charge in [-0.2, -0.15) is 4.39 Å². The van der Waals surface area contributed by atoms with E-state index in [9.17, 15) is 13.9 Å². The first-order valence-electron chi connectivity index (χ1n) is 9.29. The third-order valence-corrected chi connectivity index (χ3v) is 4.94. The van der Waals surface area contributed by atoms with E-state index >= 15 is 0 Å². The van der Waals surface area contributed by atoms with Crippen LogP contribution >= 0.6 is 0 Å². The van der Waals surface area contributed by atoms with E-state index in [2.05, 4.69) is 15.0 Å². The molecule has 0 saturated heterocycles. The van der Waals surface area contributed by atoms with E-state index in [1.54, 1.807) is 6.20 Å². The van der Waals surface area contributed by atoms with E-state index in [1.807, 2.05) is 31.7 Å². The molecule has 0 spiro atoms. The van der Waals surface area contributed by atoms with Crippen molar-refractivity contribution < 1.29 is 13.9 Å². The second-order valence-electron chi connectivity index (χ2n) is 7.26. The molecular weight excluding hydrogens is 374 g/mol. The Morgan fingerprint density at radius 3 is 2.69 bits per heavy atom. The first-order valence-corrected chi connectivity index (χ1v) is 9.29. The van der Waals surface area contributed by atoms with E-state index in [0.29, 0.717) is 18.1 Å². The SMILES string of the molecule is Cc1ccnc(C(C)C)c1N1CN=Cc2nc(F)c(-c3c(O)cccc3F)cc21. The quantitative estimate of drug-likeness (QED) is 0.629. The summed E-state index contributed by atoms with van der Waals surface area (Å²) >= 11 is 0. The number of aromatic hydroxyl groups is 1. The van der Waals surface area contributed by atoms with Crippen molar-refractivity contribution in [3.63, 3.8) is 0 Å². The molecule has 0 unspecified atom stereocenters. The predicted molar refractivity (Wildman–Crippen MR) is 109 cm³/mol. The molecule has 1 aliphatic rings. The van der Waals surface area contributed by atoms with Crippen LogP contribution in [0.5, 0.6) is 5.75 Å². The fourth-order valence-corrected chi connectivity index (χ4v) is 3.58. The number of halogens is 2. The highest BCUT2D eigenvalue weighted by Gasteiger charge is 2.26. The van der Waals surface area contributed by atoms with Crippen LogP contribution in [0, 0.1) is 18.7 Å². The summed E-state index contributed by atoms with van der Waals surface area (Å²) in [7, 11) is 0. The standard InChI is InChI=1S/C22H20F2N4O/c1-12(2)20-21(13(3)7-8-26-20)28-11-25-10-16-17(28)9-14(22(24)27-16)19-15(23)5-4-6-18(19)29/h4-10,12,29H,11H2,1-3H3. The molecule has 2 aromatic heterocycles. The van der Waals surface area contributed by atoms with E-state index in [-0.39, 0.29) is 22.8 Å². The van der Waals surface area contributed by atoms with Gasteiger partial charge in [0.25, 0.3) is 0 Å². The third kappa shape index (κ3) is 3.22. The van der Waals surface area contributed by atoms with Gasteiger partial charge in [0, 0.05) is 11.8 Å². The Balaban J connectivity index is 1.95. The summed E-state index contributed by atoms with van der Waals surface area (Å²) in [5.74, 6) is -1.78. The lowest BCUT2D eigenvalue weighted by molar-refractivity contribution is 0.470. The number of aliphatic imine (C=N–C) groups is 1. The zero-order valence-electron chi connectivity index (χ0n) is 16.3. The van der Waals surface area contributed by atoms with Crippen LogP contribution in [0.1, 0.15) is 36.7 Å². The van der Waals surface area contributed by atoms with Crippen LogP contribution < -0.4 is 4.90 Å². The van der Waals surface area contributed by atoms with Gasteiger partial charge in [-0.05, 0) is 42.7 Å². The first-order chi connectivity index (χ1) is 13.9. The Bertz CT molecular complexity index is 1110. The lowest BCUT2D eigenvalue weighted by Crippen LogP contribution is -2.26. The Morgan fingerprint density at radius 2 is 1.97 bits per heavy atom. The van der Waals surface area contributed by atoms with E-state index in [1.165, 1.54) is 30.5 Å². The average molecular weight is 394 g/mol. The molecule has 0 radical (unpaired) electrons. The number of phenols is 1. The summed E-state index contributed by atoms with van der Waals surface area (Å²) in [4.78, 5) is 14.7. The van der Waals surface area contributed by atoms with Crippen molar-refractivity contribution >= 4 is 17.6 Å². The van der Waals surface area contributed by atoms with Crippen molar-refractivity contribution in [1.29, 1.82) is 0 Å². The van der Waals surface area contributed by atoms with Crippen LogP contribution in [-0.4, -0.2) is 28.0 Å². The van der Waals surface area contributed by atoms with Crippen molar-refractivity contribution in [1.82, 2.24) is 9.97 Å². The maximum absolute atomic E-state index is 14.8. The third-order valence-electron chi connectivity index (χ3n) is 4.94. The molecule has 0 aliphatic carbocycles. The summed E-state index contributed by atoms with van der Waals surface area (Å²) in [6.45, 7) is 6.37. The van der Waals surface area contributed by atoms with Crippen molar-refractivity contribution in [2.24, 2.45) is 4.99 Å². The van der Waals surface area contributed by atoms with E-state index in [4.69, 9.17) is 0 Å². The second-order valence-corrected chi connectivity index (χ2v) is 7.26. The lowest BCUT2D eigenvalue weighted by atomic mass is 10.0. The van der Waals surface area contributed by atoms with Crippen LogP contribution in [-0.2, 0) is 0 Å². The number of hydrogen-bond donors (Lipinski definition) is 1. The normalized spacial score (nSPS) is 13.1. The van der Waals surface area contributed by atoms with Gasteiger partial charge in [0.2, 0.25) is 5.95 Å². The highest BCUT2D eigenvalue weighted by atomic mass is 19.1. The summed E-state index contributed by atoms with van der Waals surface area (Å²) in [5.41, 5.74) is 3.35. The monoisotopic (exact) mass is 394 g/mol. The molecule has 0 bridgehead atoms. The van der Waals surface area contributed by atoms with Gasteiger partial charge >= 0.3 is 0 Å². The Morgan fingerprint density at radius 1 is 1.17 bits per heavy atom. The van der Waals surface area contributed by atoms with E-state index < -0.39 is 11.8 Å². The van der Waals surface area contributed by atoms with Gasteiger partial charge in [-0.25, -0.2) is 9.37 Å². The number of hydrogen-bond acceptors (Lipinski definition) is 5. The van der Waals surface area contributed by atoms with Crippen LogP contribution in [0.25, 0.3) is 11.1 Å². The molecular formula is C22H20F2N4O. The van der Waals surface area contributed by atoms with Gasteiger partial charge in [0.1, 0.15) is 23.9 Å². The molecule has 29 heavy (non-hydrogen) atoms. The molecule has 0 amide bonds. The van der Waals surface area contributed by atoms with Crippen LogP contribution in [0.2, 0.25) is 0 Å². The topological polar surface area (TPSA) is 61.6 Å². The van der Waals surface area contributed by atoms with Crippen LogP contribution in [0.15, 0.2) is 41.5 Å². The molecule has 1 N–H and O–H groups in total. The molecule has 0 saturated carbocycles. The Kier molecular flexibility index (Phi) is 4.74. The number of benzene rings is 1. The number of aryl methyl sites for hydroxylation is 1. The Labute approximate surface area is 167 Å². The number of pyridine rings is 2. The molecule has 1 aromatic carbocycles. The molecule has 1 aliphatic heterocycles. The fourth-order valence-electron chi connectivity index (χ4n) is 3.58. The Hall–Kier alpha value is -3.35. The predicted octanol–water partition coefficient (Wildman–Crippen LogP) is 5.09. The molecule has 3 heterocycles. The maximum Gasteiger partial charge on any atom is 0.221 e. The smallest absolute Gasteiger partial charge is 0.221 e. The molecule has 7 heteroatoms. The highest BCUT2D eigenvalue weighted by Crippen LogP contribution is 2.40. The van der Waals surface area contributed by atoms with Gasteiger partial charge in [0.15, 0.2) is 0 Å². The lowest BCUT2D eigenvalue weighted by Gasteiger charge is -2.31. The number of rotatable bonds is 3. The second kappa shape index (κ2) is 7.24. The van der Waals surface area contributed by atoms with Gasteiger partial charge in [0.05, 0.1) is 28.8 Å².